The van der Waals surface area contributed by atoms with E-state index in [1.54, 1.807) is 18.2 Å². The standard InChI is InChI=1S/C20H22N2O4S/c1-16-5-2-3-6-17(16)9-10-20(23)21-18-7-4-8-19(15-18)27(24,25)22-11-13-26-14-12-22/h2-10,15H,11-14H2,1H3,(H,21,23)/b10-9+. The molecule has 27 heavy (non-hydrogen) atoms. The van der Waals surface area contributed by atoms with Gasteiger partial charge in [0.05, 0.1) is 18.1 Å². The van der Waals surface area contributed by atoms with Crippen molar-refractivity contribution in [3.05, 3.63) is 65.7 Å². The third-order valence-electron chi connectivity index (χ3n) is 4.31. The smallest absolute Gasteiger partial charge is 0.248 e. The number of hydrogen-bond donors (Lipinski definition) is 1. The number of benzene rings is 2. The highest BCUT2D eigenvalue weighted by molar-refractivity contribution is 7.89. The summed E-state index contributed by atoms with van der Waals surface area (Å²) >= 11 is 0. The Labute approximate surface area is 159 Å². The van der Waals surface area contributed by atoms with Gasteiger partial charge in [0.2, 0.25) is 15.9 Å². The van der Waals surface area contributed by atoms with E-state index >= 15 is 0 Å². The summed E-state index contributed by atoms with van der Waals surface area (Å²) in [6.07, 6.45) is 3.17. The Kier molecular flexibility index (Phi) is 6.05. The fraction of sp³-hybridized carbons (Fsp3) is 0.250. The van der Waals surface area contributed by atoms with Gasteiger partial charge in [-0.2, -0.15) is 4.31 Å². The molecule has 0 radical (unpaired) electrons. The highest BCUT2D eigenvalue weighted by Gasteiger charge is 2.26. The van der Waals surface area contributed by atoms with Crippen LogP contribution < -0.4 is 5.32 Å². The van der Waals surface area contributed by atoms with E-state index in [-0.39, 0.29) is 10.8 Å². The zero-order valence-corrected chi connectivity index (χ0v) is 15.9. The molecule has 142 valence electrons. The average Bonchev–Trinajstić information content (AvgIpc) is 2.68. The van der Waals surface area contributed by atoms with Crippen LogP contribution in [0.2, 0.25) is 0 Å². The SMILES string of the molecule is Cc1ccccc1/C=C/C(=O)Nc1cccc(S(=O)(=O)N2CCOCC2)c1. The molecule has 1 aliphatic heterocycles. The summed E-state index contributed by atoms with van der Waals surface area (Å²) < 4.78 is 32.0. The Morgan fingerprint density at radius 1 is 1.11 bits per heavy atom. The minimum atomic E-state index is -3.60. The van der Waals surface area contributed by atoms with E-state index in [1.165, 1.54) is 22.5 Å². The van der Waals surface area contributed by atoms with Gasteiger partial charge in [-0.05, 0) is 42.3 Å². The number of sulfonamides is 1. The first kappa shape index (κ1) is 19.3. The summed E-state index contributed by atoms with van der Waals surface area (Å²) in [4.78, 5) is 12.3. The van der Waals surface area contributed by atoms with Crippen LogP contribution in [-0.2, 0) is 19.6 Å². The van der Waals surface area contributed by atoms with Gasteiger partial charge in [0, 0.05) is 24.9 Å². The van der Waals surface area contributed by atoms with Crippen molar-refractivity contribution in [2.75, 3.05) is 31.6 Å². The molecule has 0 spiro atoms. The maximum Gasteiger partial charge on any atom is 0.248 e. The number of aryl methyl sites for hydroxylation is 1. The Hall–Kier alpha value is -2.48. The largest absolute Gasteiger partial charge is 0.379 e. The summed E-state index contributed by atoms with van der Waals surface area (Å²) in [5.41, 5.74) is 2.46. The number of carbonyl (C=O) groups is 1. The molecule has 0 atom stereocenters. The number of hydrogen-bond acceptors (Lipinski definition) is 4. The number of nitrogens with one attached hydrogen (secondary N) is 1. The van der Waals surface area contributed by atoms with Gasteiger partial charge in [-0.25, -0.2) is 8.42 Å². The van der Waals surface area contributed by atoms with Gasteiger partial charge in [0.15, 0.2) is 0 Å². The summed E-state index contributed by atoms with van der Waals surface area (Å²) in [7, 11) is -3.60. The minimum Gasteiger partial charge on any atom is -0.379 e. The van der Waals surface area contributed by atoms with Crippen molar-refractivity contribution in [1.29, 1.82) is 0 Å². The Morgan fingerprint density at radius 2 is 1.85 bits per heavy atom. The first-order valence-corrected chi connectivity index (χ1v) is 10.1. The molecule has 0 unspecified atom stereocenters. The van der Waals surface area contributed by atoms with Gasteiger partial charge in [-0.3, -0.25) is 4.79 Å². The van der Waals surface area contributed by atoms with Crippen LogP contribution in [0.25, 0.3) is 6.08 Å². The summed E-state index contributed by atoms with van der Waals surface area (Å²) in [6.45, 7) is 3.41. The zero-order valence-electron chi connectivity index (χ0n) is 15.1. The van der Waals surface area contributed by atoms with Gasteiger partial charge in [-0.15, -0.1) is 0 Å². The molecule has 0 aromatic heterocycles. The van der Waals surface area contributed by atoms with Crippen molar-refractivity contribution in [2.45, 2.75) is 11.8 Å². The number of nitrogens with zero attached hydrogens (tertiary/aromatic N) is 1. The molecule has 0 saturated carbocycles. The molecule has 1 N–H and O–H groups in total. The van der Waals surface area contributed by atoms with Gasteiger partial charge >= 0.3 is 0 Å². The monoisotopic (exact) mass is 386 g/mol. The molecule has 1 heterocycles. The topological polar surface area (TPSA) is 75.7 Å². The minimum absolute atomic E-state index is 0.157. The first-order valence-electron chi connectivity index (χ1n) is 8.69. The van der Waals surface area contributed by atoms with Crippen LogP contribution in [0.5, 0.6) is 0 Å². The molecule has 1 amide bonds. The van der Waals surface area contributed by atoms with Crippen molar-refractivity contribution in [1.82, 2.24) is 4.31 Å². The fourth-order valence-corrected chi connectivity index (χ4v) is 4.25. The lowest BCUT2D eigenvalue weighted by molar-refractivity contribution is -0.111. The average molecular weight is 386 g/mol. The molecule has 0 bridgehead atoms. The van der Waals surface area contributed by atoms with E-state index in [1.807, 2.05) is 31.2 Å². The van der Waals surface area contributed by atoms with Gasteiger partial charge in [0.1, 0.15) is 0 Å². The van der Waals surface area contributed by atoms with Crippen molar-refractivity contribution in [2.24, 2.45) is 0 Å². The van der Waals surface area contributed by atoms with Crippen LogP contribution >= 0.6 is 0 Å². The van der Waals surface area contributed by atoms with E-state index in [0.717, 1.165) is 11.1 Å². The molecule has 6 nitrogen and oxygen atoms in total. The first-order chi connectivity index (χ1) is 13.0. The van der Waals surface area contributed by atoms with Crippen LogP contribution in [0.1, 0.15) is 11.1 Å². The van der Waals surface area contributed by atoms with E-state index in [0.29, 0.717) is 32.0 Å². The van der Waals surface area contributed by atoms with E-state index in [2.05, 4.69) is 5.32 Å². The van der Waals surface area contributed by atoms with Crippen molar-refractivity contribution >= 4 is 27.7 Å². The molecular weight excluding hydrogens is 364 g/mol. The van der Waals surface area contributed by atoms with Crippen LogP contribution in [0.4, 0.5) is 5.69 Å². The lowest BCUT2D eigenvalue weighted by Gasteiger charge is -2.26. The van der Waals surface area contributed by atoms with E-state index in [9.17, 15) is 13.2 Å². The second-order valence-corrected chi connectivity index (χ2v) is 8.16. The molecule has 2 aromatic rings. The lowest BCUT2D eigenvalue weighted by atomic mass is 10.1. The Balaban J connectivity index is 1.72. The molecule has 2 aromatic carbocycles. The second-order valence-electron chi connectivity index (χ2n) is 6.22. The number of amides is 1. The van der Waals surface area contributed by atoms with Gasteiger partial charge < -0.3 is 10.1 Å². The van der Waals surface area contributed by atoms with Crippen LogP contribution in [0.15, 0.2) is 59.5 Å². The molecule has 0 aliphatic carbocycles. The second kappa shape index (κ2) is 8.47. The number of ether oxygens (including phenoxy) is 1. The van der Waals surface area contributed by atoms with Crippen molar-refractivity contribution < 1.29 is 17.9 Å². The predicted octanol–water partition coefficient (Wildman–Crippen LogP) is 2.67. The quantitative estimate of drug-likeness (QED) is 0.802. The third kappa shape index (κ3) is 4.82. The fourth-order valence-electron chi connectivity index (χ4n) is 2.79. The summed E-state index contributed by atoms with van der Waals surface area (Å²) in [5.74, 6) is -0.320. The number of morpholine rings is 1. The van der Waals surface area contributed by atoms with E-state index < -0.39 is 10.0 Å². The van der Waals surface area contributed by atoms with Crippen LogP contribution in [-0.4, -0.2) is 44.9 Å². The maximum absolute atomic E-state index is 12.7. The Morgan fingerprint density at radius 3 is 2.59 bits per heavy atom. The lowest BCUT2D eigenvalue weighted by Crippen LogP contribution is -2.40. The van der Waals surface area contributed by atoms with Gasteiger partial charge in [0.25, 0.3) is 0 Å². The maximum atomic E-state index is 12.7. The van der Waals surface area contributed by atoms with Gasteiger partial charge in [-0.1, -0.05) is 30.3 Å². The highest BCUT2D eigenvalue weighted by Crippen LogP contribution is 2.20. The molecule has 3 rings (SSSR count). The van der Waals surface area contributed by atoms with E-state index in [4.69, 9.17) is 4.74 Å². The molecular formula is C20H22N2O4S. The molecule has 1 aliphatic rings. The summed E-state index contributed by atoms with van der Waals surface area (Å²) in [5, 5.41) is 2.71. The third-order valence-corrected chi connectivity index (χ3v) is 6.21. The molecule has 7 heteroatoms. The number of anilines is 1. The number of carbonyl (C=O) groups excluding carboxylic acids is 1. The highest BCUT2D eigenvalue weighted by atomic mass is 32.2. The van der Waals surface area contributed by atoms with Crippen LogP contribution in [0, 0.1) is 6.92 Å². The molecule has 1 fully saturated rings. The molecule has 1 saturated heterocycles. The normalized spacial score (nSPS) is 15.7. The Bertz CT molecular complexity index is 948. The zero-order chi connectivity index (χ0) is 19.3. The van der Waals surface area contributed by atoms with Crippen molar-refractivity contribution in [3.8, 4) is 0 Å². The van der Waals surface area contributed by atoms with Crippen LogP contribution in [0.3, 0.4) is 0 Å². The number of rotatable bonds is 5. The predicted molar refractivity (Wildman–Crippen MR) is 105 cm³/mol. The van der Waals surface area contributed by atoms with Crippen molar-refractivity contribution in [3.63, 3.8) is 0 Å². The summed E-state index contributed by atoms with van der Waals surface area (Å²) in [6, 6.07) is 14.0.